The van der Waals surface area contributed by atoms with Gasteiger partial charge in [-0.05, 0) is 25.0 Å². The molecule has 1 N–H and O–H groups in total. The number of rotatable bonds is 9. The van der Waals surface area contributed by atoms with E-state index in [-0.39, 0.29) is 5.91 Å². The number of aryl methyl sites for hydroxylation is 1. The maximum Gasteiger partial charge on any atom is 0.226 e. The first-order valence-corrected chi connectivity index (χ1v) is 8.40. The average molecular weight is 330 g/mol. The second-order valence-corrected chi connectivity index (χ2v) is 6.33. The second kappa shape index (κ2) is 9.23. The van der Waals surface area contributed by atoms with Gasteiger partial charge in [0, 0.05) is 31.6 Å². The summed E-state index contributed by atoms with van der Waals surface area (Å²) in [4.78, 5) is 16.2. The van der Waals surface area contributed by atoms with E-state index in [9.17, 15) is 4.79 Å². The Morgan fingerprint density at radius 2 is 2.04 bits per heavy atom. The molecule has 1 heterocycles. The molecule has 0 atom stereocenters. The van der Waals surface area contributed by atoms with E-state index in [1.807, 2.05) is 31.2 Å². The molecule has 130 valence electrons. The number of nitrogens with one attached hydrogen (secondary N) is 1. The molecule has 0 spiro atoms. The van der Waals surface area contributed by atoms with E-state index in [0.29, 0.717) is 44.4 Å². The first-order chi connectivity index (χ1) is 11.5. The summed E-state index contributed by atoms with van der Waals surface area (Å²) < 4.78 is 10.9. The maximum absolute atomic E-state index is 11.7. The van der Waals surface area contributed by atoms with Gasteiger partial charge in [0.05, 0.1) is 12.3 Å². The minimum Gasteiger partial charge on any atom is -0.444 e. The van der Waals surface area contributed by atoms with Crippen molar-refractivity contribution in [1.29, 1.82) is 0 Å². The van der Waals surface area contributed by atoms with Gasteiger partial charge in [0.15, 0.2) is 0 Å². The fourth-order valence-electron chi connectivity index (χ4n) is 2.15. The van der Waals surface area contributed by atoms with E-state index < -0.39 is 0 Å². The number of carbonyl (C=O) groups excluding carboxylic acids is 1. The number of amides is 1. The van der Waals surface area contributed by atoms with Crippen molar-refractivity contribution in [1.82, 2.24) is 10.3 Å². The van der Waals surface area contributed by atoms with E-state index in [0.717, 1.165) is 11.3 Å². The van der Waals surface area contributed by atoms with E-state index in [1.165, 1.54) is 5.56 Å². The van der Waals surface area contributed by atoms with Gasteiger partial charge in [-0.1, -0.05) is 31.5 Å². The quantitative estimate of drug-likeness (QED) is 0.716. The van der Waals surface area contributed by atoms with E-state index in [2.05, 4.69) is 24.1 Å². The van der Waals surface area contributed by atoms with Gasteiger partial charge in [-0.15, -0.1) is 0 Å². The highest BCUT2D eigenvalue weighted by molar-refractivity contribution is 5.75. The third kappa shape index (κ3) is 6.16. The van der Waals surface area contributed by atoms with Gasteiger partial charge in [-0.3, -0.25) is 4.79 Å². The second-order valence-electron chi connectivity index (χ2n) is 6.33. The predicted octanol–water partition coefficient (Wildman–Crippen LogP) is 3.37. The minimum absolute atomic E-state index is 0.000934. The number of aromatic nitrogens is 1. The van der Waals surface area contributed by atoms with Crippen molar-refractivity contribution in [2.45, 2.75) is 33.6 Å². The molecule has 1 aromatic heterocycles. The molecule has 0 radical (unpaired) electrons. The Hall–Kier alpha value is -2.14. The van der Waals surface area contributed by atoms with Crippen molar-refractivity contribution >= 4 is 5.91 Å². The summed E-state index contributed by atoms with van der Waals surface area (Å²) in [5.41, 5.74) is 2.99. The average Bonchev–Trinajstić information content (AvgIpc) is 3.01. The maximum atomic E-state index is 11.7. The molecule has 2 aromatic rings. The third-order valence-corrected chi connectivity index (χ3v) is 3.48. The number of hydrogen-bond acceptors (Lipinski definition) is 4. The Bertz CT molecular complexity index is 632. The highest BCUT2D eigenvalue weighted by Gasteiger charge is 2.07. The van der Waals surface area contributed by atoms with Crippen molar-refractivity contribution in [2.75, 3.05) is 19.8 Å². The lowest BCUT2D eigenvalue weighted by Gasteiger charge is -2.07. The normalized spacial score (nSPS) is 11.0. The van der Waals surface area contributed by atoms with Crippen molar-refractivity contribution in [3.63, 3.8) is 0 Å². The van der Waals surface area contributed by atoms with E-state index in [1.54, 1.807) is 6.26 Å². The summed E-state index contributed by atoms with van der Waals surface area (Å²) in [5, 5.41) is 2.88. The SMILES string of the molecule is Cc1ccc(-c2nc(CCNC(=O)CCOCC(C)C)co2)cc1. The Morgan fingerprint density at radius 3 is 2.75 bits per heavy atom. The molecular formula is C19H26N2O3. The van der Waals surface area contributed by atoms with Crippen LogP contribution in [0.3, 0.4) is 0 Å². The van der Waals surface area contributed by atoms with Crippen LogP contribution in [0.2, 0.25) is 0 Å². The Labute approximate surface area is 143 Å². The van der Waals surface area contributed by atoms with Gasteiger partial charge in [0.2, 0.25) is 11.8 Å². The molecular weight excluding hydrogens is 304 g/mol. The molecule has 0 aliphatic carbocycles. The van der Waals surface area contributed by atoms with Crippen LogP contribution in [0.4, 0.5) is 0 Å². The number of carbonyl (C=O) groups is 1. The van der Waals surface area contributed by atoms with Crippen LogP contribution in [-0.4, -0.2) is 30.6 Å². The van der Waals surface area contributed by atoms with Gasteiger partial charge in [-0.25, -0.2) is 4.98 Å². The van der Waals surface area contributed by atoms with Crippen LogP contribution in [0.25, 0.3) is 11.5 Å². The van der Waals surface area contributed by atoms with Crippen LogP contribution >= 0.6 is 0 Å². The summed E-state index contributed by atoms with van der Waals surface area (Å²) in [6.07, 6.45) is 2.68. The van der Waals surface area contributed by atoms with E-state index in [4.69, 9.17) is 9.15 Å². The monoisotopic (exact) mass is 330 g/mol. The van der Waals surface area contributed by atoms with E-state index >= 15 is 0 Å². The Balaban J connectivity index is 1.69. The van der Waals surface area contributed by atoms with Gasteiger partial charge < -0.3 is 14.5 Å². The molecule has 5 heteroatoms. The zero-order valence-electron chi connectivity index (χ0n) is 14.7. The van der Waals surface area contributed by atoms with Gasteiger partial charge >= 0.3 is 0 Å². The fraction of sp³-hybridized carbons (Fsp3) is 0.474. The molecule has 2 rings (SSSR count). The largest absolute Gasteiger partial charge is 0.444 e. The number of oxazole rings is 1. The smallest absolute Gasteiger partial charge is 0.226 e. The molecule has 1 amide bonds. The van der Waals surface area contributed by atoms with Crippen LogP contribution < -0.4 is 5.32 Å². The molecule has 0 saturated carbocycles. The molecule has 5 nitrogen and oxygen atoms in total. The minimum atomic E-state index is 0.000934. The molecule has 24 heavy (non-hydrogen) atoms. The van der Waals surface area contributed by atoms with Crippen molar-refractivity contribution < 1.29 is 13.9 Å². The summed E-state index contributed by atoms with van der Waals surface area (Å²) in [7, 11) is 0. The zero-order chi connectivity index (χ0) is 17.4. The highest BCUT2D eigenvalue weighted by Crippen LogP contribution is 2.19. The zero-order valence-corrected chi connectivity index (χ0v) is 14.7. The summed E-state index contributed by atoms with van der Waals surface area (Å²) >= 11 is 0. The van der Waals surface area contributed by atoms with Crippen molar-refractivity contribution in [3.05, 3.63) is 41.8 Å². The van der Waals surface area contributed by atoms with Crippen LogP contribution in [-0.2, 0) is 16.0 Å². The molecule has 0 aliphatic rings. The molecule has 0 unspecified atom stereocenters. The van der Waals surface area contributed by atoms with Gasteiger partial charge in [0.25, 0.3) is 0 Å². The number of ether oxygens (including phenoxy) is 1. The summed E-state index contributed by atoms with van der Waals surface area (Å²) in [5.74, 6) is 1.10. The van der Waals surface area contributed by atoms with Crippen LogP contribution in [0.15, 0.2) is 34.9 Å². The van der Waals surface area contributed by atoms with Gasteiger partial charge in [0.1, 0.15) is 6.26 Å². The first kappa shape index (κ1) is 18.2. The van der Waals surface area contributed by atoms with Crippen LogP contribution in [0.1, 0.15) is 31.5 Å². The van der Waals surface area contributed by atoms with Crippen molar-refractivity contribution in [3.8, 4) is 11.5 Å². The fourth-order valence-corrected chi connectivity index (χ4v) is 2.15. The molecule has 0 saturated heterocycles. The Kier molecular flexibility index (Phi) is 7.00. The summed E-state index contributed by atoms with van der Waals surface area (Å²) in [6, 6.07) is 8.04. The standard InChI is InChI=1S/C19H26N2O3/c1-14(2)12-23-11-9-18(22)20-10-8-17-13-24-19(21-17)16-6-4-15(3)5-7-16/h4-7,13-14H,8-12H2,1-3H3,(H,20,22). The molecule has 1 aromatic carbocycles. The molecule has 0 aliphatic heterocycles. The molecule has 0 fully saturated rings. The molecule has 0 bridgehead atoms. The number of hydrogen-bond donors (Lipinski definition) is 1. The number of benzene rings is 1. The predicted molar refractivity (Wildman–Crippen MR) is 93.7 cm³/mol. The van der Waals surface area contributed by atoms with Crippen molar-refractivity contribution in [2.24, 2.45) is 5.92 Å². The third-order valence-electron chi connectivity index (χ3n) is 3.48. The number of nitrogens with zero attached hydrogens (tertiary/aromatic N) is 1. The lowest BCUT2D eigenvalue weighted by atomic mass is 10.1. The lowest BCUT2D eigenvalue weighted by Crippen LogP contribution is -2.26. The van der Waals surface area contributed by atoms with Crippen LogP contribution in [0.5, 0.6) is 0 Å². The Morgan fingerprint density at radius 1 is 1.29 bits per heavy atom. The first-order valence-electron chi connectivity index (χ1n) is 8.40. The van der Waals surface area contributed by atoms with Gasteiger partial charge in [-0.2, -0.15) is 0 Å². The summed E-state index contributed by atoms with van der Waals surface area (Å²) in [6.45, 7) is 7.91. The topological polar surface area (TPSA) is 64.4 Å². The van der Waals surface area contributed by atoms with Crippen LogP contribution in [0, 0.1) is 12.8 Å². The highest BCUT2D eigenvalue weighted by atomic mass is 16.5. The lowest BCUT2D eigenvalue weighted by molar-refractivity contribution is -0.122.